The van der Waals surface area contributed by atoms with Gasteiger partial charge in [-0.05, 0) is 35.2 Å². The van der Waals surface area contributed by atoms with Gasteiger partial charge in [-0.2, -0.15) is 0 Å². The predicted octanol–water partition coefficient (Wildman–Crippen LogP) is 2.93. The van der Waals surface area contributed by atoms with Gasteiger partial charge in [-0.1, -0.05) is 6.07 Å². The summed E-state index contributed by atoms with van der Waals surface area (Å²) in [5.41, 5.74) is 0.428. The van der Waals surface area contributed by atoms with Crippen molar-refractivity contribution in [2.75, 3.05) is 19.1 Å². The maximum Gasteiger partial charge on any atom is 0.344 e. The number of amides is 2. The fraction of sp³-hybridized carbons (Fsp3) is 0.154. The van der Waals surface area contributed by atoms with Crippen molar-refractivity contribution in [2.24, 2.45) is 0 Å². The predicted molar refractivity (Wildman–Crippen MR) is 92.3 cm³/mol. The molecule has 9 nitrogen and oxygen atoms in total. The number of aromatic nitrogens is 1. The van der Waals surface area contributed by atoms with Gasteiger partial charge in [0.1, 0.15) is 11.9 Å². The zero-order valence-electron chi connectivity index (χ0n) is 12.7. The molecule has 2 rings (SSSR count). The van der Waals surface area contributed by atoms with Gasteiger partial charge in [0.2, 0.25) is 0 Å². The van der Waals surface area contributed by atoms with Crippen molar-refractivity contribution in [1.29, 1.82) is 5.41 Å². The molecule has 0 bridgehead atoms. The fourth-order valence-corrected chi connectivity index (χ4v) is 3.37. The zero-order chi connectivity index (χ0) is 17.7. The van der Waals surface area contributed by atoms with Gasteiger partial charge in [-0.25, -0.2) is 14.7 Å². The van der Waals surface area contributed by atoms with Crippen LogP contribution < -0.4 is 15.0 Å². The van der Waals surface area contributed by atoms with E-state index in [2.05, 4.69) is 10.3 Å². The Morgan fingerprint density at radius 1 is 1.54 bits per heavy atom. The number of benzene rings is 1. The number of methoxy groups -OCH3 is 1. The second kappa shape index (κ2) is 7.75. The lowest BCUT2D eigenvalue weighted by molar-refractivity contribution is -0.380. The van der Waals surface area contributed by atoms with Crippen LogP contribution in [-0.4, -0.2) is 35.3 Å². The zero-order valence-corrected chi connectivity index (χ0v) is 14.3. The normalized spacial score (nSPS) is 10.1. The quantitative estimate of drug-likeness (QED) is 0.282. The van der Waals surface area contributed by atoms with E-state index in [1.54, 1.807) is 24.3 Å². The SMILES string of the molecule is CNC(=O)N(C(=N)Sc1ncc([N+](=O)[O-])s1)c1cccc(OC)c1. The third-order valence-corrected chi connectivity index (χ3v) is 4.67. The molecule has 0 aliphatic heterocycles. The summed E-state index contributed by atoms with van der Waals surface area (Å²) in [5.74, 6) is 0.532. The second-order valence-electron chi connectivity index (χ2n) is 4.22. The van der Waals surface area contributed by atoms with E-state index in [1.165, 1.54) is 14.2 Å². The number of amidine groups is 1. The standard InChI is InChI=1S/C13H13N5O4S2/c1-15-12(19)17(8-4-3-5-9(6-8)22-2)11(14)24-13-16-7-10(23-13)18(20)21/h3-7,14H,1-2H3,(H,15,19). The molecule has 0 unspecified atom stereocenters. The molecule has 0 aliphatic rings. The monoisotopic (exact) mass is 367 g/mol. The topological polar surface area (TPSA) is 121 Å². The smallest absolute Gasteiger partial charge is 0.344 e. The first-order chi connectivity index (χ1) is 11.5. The van der Waals surface area contributed by atoms with Crippen LogP contribution in [0, 0.1) is 15.5 Å². The summed E-state index contributed by atoms with van der Waals surface area (Å²) < 4.78 is 5.42. The van der Waals surface area contributed by atoms with E-state index >= 15 is 0 Å². The van der Waals surface area contributed by atoms with Crippen LogP contribution in [0.15, 0.2) is 34.8 Å². The van der Waals surface area contributed by atoms with E-state index in [-0.39, 0.29) is 10.2 Å². The van der Waals surface area contributed by atoms with Gasteiger partial charge in [-0.3, -0.25) is 15.5 Å². The van der Waals surface area contributed by atoms with Gasteiger partial charge >= 0.3 is 11.0 Å². The van der Waals surface area contributed by atoms with Crippen LogP contribution in [0.4, 0.5) is 15.5 Å². The highest BCUT2D eigenvalue weighted by molar-refractivity contribution is 8.15. The van der Waals surface area contributed by atoms with Gasteiger partial charge in [0.25, 0.3) is 0 Å². The summed E-state index contributed by atoms with van der Waals surface area (Å²) in [6.45, 7) is 0. The average molecular weight is 367 g/mol. The number of hydrogen-bond donors (Lipinski definition) is 2. The van der Waals surface area contributed by atoms with E-state index in [0.717, 1.165) is 34.2 Å². The van der Waals surface area contributed by atoms with Crippen molar-refractivity contribution >= 4 is 45.0 Å². The molecule has 126 valence electrons. The number of urea groups is 1. The van der Waals surface area contributed by atoms with E-state index in [4.69, 9.17) is 10.1 Å². The molecule has 2 N–H and O–H groups in total. The van der Waals surface area contributed by atoms with Crippen LogP contribution in [0.3, 0.4) is 0 Å². The second-order valence-corrected chi connectivity index (χ2v) is 6.47. The molecule has 24 heavy (non-hydrogen) atoms. The van der Waals surface area contributed by atoms with Crippen molar-refractivity contribution in [3.63, 3.8) is 0 Å². The van der Waals surface area contributed by atoms with Crippen LogP contribution in [-0.2, 0) is 0 Å². The van der Waals surface area contributed by atoms with Crippen molar-refractivity contribution in [1.82, 2.24) is 10.3 Å². The summed E-state index contributed by atoms with van der Waals surface area (Å²) in [6, 6.07) is 6.14. The molecular formula is C13H13N5O4S2. The van der Waals surface area contributed by atoms with E-state index in [1.807, 2.05) is 0 Å². The summed E-state index contributed by atoms with van der Waals surface area (Å²) >= 11 is 1.69. The number of hydrogen-bond acceptors (Lipinski definition) is 8. The highest BCUT2D eigenvalue weighted by Gasteiger charge is 2.23. The number of carbonyl (C=O) groups excluding carboxylic acids is 1. The van der Waals surface area contributed by atoms with Gasteiger partial charge in [0.15, 0.2) is 9.51 Å². The molecule has 0 saturated carbocycles. The third-order valence-electron chi connectivity index (χ3n) is 2.77. The molecule has 2 aromatic rings. The number of nitrogens with one attached hydrogen (secondary N) is 2. The Labute approximate surface area is 145 Å². The highest BCUT2D eigenvalue weighted by atomic mass is 32.2. The van der Waals surface area contributed by atoms with E-state index in [9.17, 15) is 14.9 Å². The van der Waals surface area contributed by atoms with Gasteiger partial charge in [0, 0.05) is 13.1 Å². The lowest BCUT2D eigenvalue weighted by Gasteiger charge is -2.22. The molecule has 1 aromatic carbocycles. The van der Waals surface area contributed by atoms with Crippen LogP contribution in [0.5, 0.6) is 5.75 Å². The Morgan fingerprint density at radius 3 is 2.88 bits per heavy atom. The van der Waals surface area contributed by atoms with E-state index in [0.29, 0.717) is 15.8 Å². The molecule has 0 spiro atoms. The first kappa shape index (κ1) is 17.7. The fourth-order valence-electron chi connectivity index (χ4n) is 1.70. The molecule has 1 aromatic heterocycles. The van der Waals surface area contributed by atoms with Crippen LogP contribution >= 0.6 is 23.1 Å². The number of thioether (sulfide) groups is 1. The summed E-state index contributed by atoms with van der Waals surface area (Å²) in [6.07, 6.45) is 1.12. The molecular weight excluding hydrogens is 354 g/mol. The number of anilines is 1. The average Bonchev–Trinajstić information content (AvgIpc) is 3.03. The molecule has 11 heteroatoms. The number of thiazole rings is 1. The van der Waals surface area contributed by atoms with Crippen molar-refractivity contribution in [2.45, 2.75) is 4.34 Å². The number of nitrogens with zero attached hydrogens (tertiary/aromatic N) is 3. The minimum atomic E-state index is -0.552. The molecule has 0 fully saturated rings. The molecule has 1 heterocycles. The maximum absolute atomic E-state index is 12.2. The Kier molecular flexibility index (Phi) is 5.71. The number of rotatable bonds is 4. The molecule has 2 amide bonds. The Bertz CT molecular complexity index is 779. The lowest BCUT2D eigenvalue weighted by atomic mass is 10.3. The minimum absolute atomic E-state index is 0.127. The highest BCUT2D eigenvalue weighted by Crippen LogP contribution is 2.32. The molecule has 0 aliphatic carbocycles. The largest absolute Gasteiger partial charge is 0.497 e. The number of nitro groups is 1. The first-order valence-corrected chi connectivity index (χ1v) is 8.12. The van der Waals surface area contributed by atoms with Gasteiger partial charge < -0.3 is 10.1 Å². The number of carbonyl (C=O) groups is 1. The molecule has 0 radical (unpaired) electrons. The Balaban J connectivity index is 2.27. The number of ether oxygens (including phenoxy) is 1. The van der Waals surface area contributed by atoms with Crippen molar-refractivity contribution in [3.8, 4) is 5.75 Å². The summed E-state index contributed by atoms with van der Waals surface area (Å²) in [4.78, 5) is 27.3. The Morgan fingerprint density at radius 2 is 2.29 bits per heavy atom. The molecule has 0 atom stereocenters. The minimum Gasteiger partial charge on any atom is -0.497 e. The summed E-state index contributed by atoms with van der Waals surface area (Å²) in [5, 5.41) is 21.1. The van der Waals surface area contributed by atoms with Gasteiger partial charge in [-0.15, -0.1) is 0 Å². The first-order valence-electron chi connectivity index (χ1n) is 6.48. The van der Waals surface area contributed by atoms with Crippen LogP contribution in [0.1, 0.15) is 0 Å². The van der Waals surface area contributed by atoms with Crippen LogP contribution in [0.2, 0.25) is 0 Å². The van der Waals surface area contributed by atoms with Crippen molar-refractivity contribution < 1.29 is 14.5 Å². The van der Waals surface area contributed by atoms with Gasteiger partial charge in [0.05, 0.1) is 17.7 Å². The van der Waals surface area contributed by atoms with E-state index < -0.39 is 11.0 Å². The maximum atomic E-state index is 12.2. The Hall–Kier alpha value is -2.66. The van der Waals surface area contributed by atoms with Crippen molar-refractivity contribution in [3.05, 3.63) is 40.6 Å². The van der Waals surface area contributed by atoms with Crippen LogP contribution in [0.25, 0.3) is 0 Å². The summed E-state index contributed by atoms with van der Waals surface area (Å²) in [7, 11) is 2.94. The molecule has 0 saturated heterocycles. The lowest BCUT2D eigenvalue weighted by Crippen LogP contribution is -2.41. The third kappa shape index (κ3) is 4.00.